The van der Waals surface area contributed by atoms with Crippen LogP contribution < -0.4 is 4.74 Å². The van der Waals surface area contributed by atoms with Crippen LogP contribution in [0.3, 0.4) is 0 Å². The molecular weight excluding hydrogens is 302 g/mol. The fourth-order valence-electron chi connectivity index (χ4n) is 1.80. The molecule has 0 N–H and O–H groups in total. The Kier molecular flexibility index (Phi) is 5.51. The molecule has 120 valence electrons. The Balaban J connectivity index is 1.92. The van der Waals surface area contributed by atoms with E-state index in [2.05, 4.69) is 0 Å². The van der Waals surface area contributed by atoms with Crippen LogP contribution in [-0.2, 0) is 16.1 Å². The van der Waals surface area contributed by atoms with Gasteiger partial charge in [-0.05, 0) is 25.1 Å². The molecule has 0 spiro atoms. The second kappa shape index (κ2) is 7.79. The fraction of sp³-hybridized carbons (Fsp3) is 0.188. The van der Waals surface area contributed by atoms with E-state index in [-0.39, 0.29) is 18.3 Å². The summed E-state index contributed by atoms with van der Waals surface area (Å²) in [7, 11) is 0. The number of hydrogen-bond acceptors (Lipinski definition) is 6. The van der Waals surface area contributed by atoms with Gasteiger partial charge in [0.25, 0.3) is 0 Å². The van der Waals surface area contributed by atoms with Crippen molar-refractivity contribution < 1.29 is 23.6 Å². The summed E-state index contributed by atoms with van der Waals surface area (Å²) in [6.07, 6.45) is 2.45. The van der Waals surface area contributed by atoms with Crippen LogP contribution in [-0.4, -0.2) is 17.5 Å². The predicted molar refractivity (Wildman–Crippen MR) is 81.8 cm³/mol. The zero-order chi connectivity index (χ0) is 16.7. The summed E-state index contributed by atoms with van der Waals surface area (Å²) in [5, 5.41) is 10.5. The van der Waals surface area contributed by atoms with Crippen molar-refractivity contribution in [3.05, 3.63) is 63.9 Å². The number of para-hydroxylation sites is 1. The first-order valence-electron chi connectivity index (χ1n) is 6.90. The maximum atomic E-state index is 11.7. The first-order chi connectivity index (χ1) is 11.1. The van der Waals surface area contributed by atoms with E-state index in [1.165, 1.54) is 18.2 Å². The Bertz CT molecular complexity index is 719. The van der Waals surface area contributed by atoms with Gasteiger partial charge in [0, 0.05) is 11.6 Å². The third-order valence-corrected chi connectivity index (χ3v) is 2.82. The van der Waals surface area contributed by atoms with Crippen LogP contribution in [0.1, 0.15) is 18.2 Å². The summed E-state index contributed by atoms with van der Waals surface area (Å²) in [4.78, 5) is 21.5. The number of hydrogen-bond donors (Lipinski definition) is 0. The number of ether oxygens (including phenoxy) is 2. The molecule has 0 unspecified atom stereocenters. The van der Waals surface area contributed by atoms with Crippen LogP contribution in [0.5, 0.6) is 5.75 Å². The summed E-state index contributed by atoms with van der Waals surface area (Å²) in [6, 6.07) is 9.86. The van der Waals surface area contributed by atoms with E-state index in [4.69, 9.17) is 13.9 Å². The van der Waals surface area contributed by atoms with Gasteiger partial charge in [-0.3, -0.25) is 10.1 Å². The lowest BCUT2D eigenvalue weighted by atomic mass is 10.2. The number of carbonyl (C=O) groups excluding carboxylic acids is 1. The molecule has 7 heteroatoms. The summed E-state index contributed by atoms with van der Waals surface area (Å²) in [5.41, 5.74) is 0.754. The monoisotopic (exact) mass is 317 g/mol. The summed E-state index contributed by atoms with van der Waals surface area (Å²) < 4.78 is 15.4. The van der Waals surface area contributed by atoms with E-state index in [1.807, 2.05) is 19.1 Å². The number of esters is 1. The highest BCUT2D eigenvalue weighted by Gasteiger charge is 2.10. The lowest BCUT2D eigenvalue weighted by Crippen LogP contribution is -2.03. The molecule has 1 heterocycles. The van der Waals surface area contributed by atoms with E-state index >= 15 is 0 Å². The predicted octanol–water partition coefficient (Wildman–Crippen LogP) is 3.34. The molecule has 0 saturated carbocycles. The van der Waals surface area contributed by atoms with Gasteiger partial charge in [-0.25, -0.2) is 4.79 Å². The first kappa shape index (κ1) is 16.3. The van der Waals surface area contributed by atoms with Crippen molar-refractivity contribution >= 4 is 17.9 Å². The molecule has 23 heavy (non-hydrogen) atoms. The SMILES string of the molecule is CCOc1ccccc1COC(=O)/C=C/c1ccc([N+](=O)[O-])o1. The number of benzene rings is 1. The van der Waals surface area contributed by atoms with Crippen LogP contribution in [0.15, 0.2) is 46.9 Å². The Hall–Kier alpha value is -3.09. The molecule has 0 aliphatic heterocycles. The van der Waals surface area contributed by atoms with Gasteiger partial charge in [-0.15, -0.1) is 0 Å². The molecule has 0 amide bonds. The molecule has 1 aromatic carbocycles. The molecule has 0 bridgehead atoms. The second-order valence-corrected chi connectivity index (χ2v) is 4.41. The van der Waals surface area contributed by atoms with Crippen molar-refractivity contribution in [3.63, 3.8) is 0 Å². The van der Waals surface area contributed by atoms with Crippen LogP contribution in [0, 0.1) is 10.1 Å². The van der Waals surface area contributed by atoms with E-state index in [0.29, 0.717) is 12.4 Å². The van der Waals surface area contributed by atoms with Gasteiger partial charge in [0.15, 0.2) is 0 Å². The van der Waals surface area contributed by atoms with Crippen molar-refractivity contribution in [2.75, 3.05) is 6.61 Å². The Morgan fingerprint density at radius 3 is 2.78 bits per heavy atom. The lowest BCUT2D eigenvalue weighted by Gasteiger charge is -2.09. The van der Waals surface area contributed by atoms with Gasteiger partial charge in [-0.2, -0.15) is 0 Å². The van der Waals surface area contributed by atoms with E-state index in [9.17, 15) is 14.9 Å². The normalized spacial score (nSPS) is 10.7. The highest BCUT2D eigenvalue weighted by Crippen LogP contribution is 2.19. The Labute approximate surface area is 132 Å². The van der Waals surface area contributed by atoms with Gasteiger partial charge in [0.05, 0.1) is 12.7 Å². The summed E-state index contributed by atoms with van der Waals surface area (Å²) >= 11 is 0. The fourth-order valence-corrected chi connectivity index (χ4v) is 1.80. The number of carbonyl (C=O) groups is 1. The van der Waals surface area contributed by atoms with Gasteiger partial charge >= 0.3 is 11.9 Å². The van der Waals surface area contributed by atoms with Crippen molar-refractivity contribution in [1.82, 2.24) is 0 Å². The molecule has 2 aromatic rings. The second-order valence-electron chi connectivity index (χ2n) is 4.41. The molecule has 0 fully saturated rings. The highest BCUT2D eigenvalue weighted by atomic mass is 16.6. The maximum absolute atomic E-state index is 11.7. The van der Waals surface area contributed by atoms with E-state index < -0.39 is 10.9 Å². The van der Waals surface area contributed by atoms with Crippen LogP contribution in [0.4, 0.5) is 5.88 Å². The highest BCUT2D eigenvalue weighted by molar-refractivity contribution is 5.86. The quantitative estimate of drug-likeness (QED) is 0.336. The molecular formula is C16H15NO6. The molecule has 0 aliphatic carbocycles. The minimum atomic E-state index is -0.652. The van der Waals surface area contributed by atoms with E-state index in [0.717, 1.165) is 11.6 Å². The minimum Gasteiger partial charge on any atom is -0.493 e. The third kappa shape index (κ3) is 4.70. The Morgan fingerprint density at radius 1 is 1.30 bits per heavy atom. The average molecular weight is 317 g/mol. The molecule has 1 aromatic heterocycles. The maximum Gasteiger partial charge on any atom is 0.433 e. The zero-order valence-corrected chi connectivity index (χ0v) is 12.4. The summed E-state index contributed by atoms with van der Waals surface area (Å²) in [6.45, 7) is 2.45. The number of nitrogens with zero attached hydrogens (tertiary/aromatic N) is 1. The van der Waals surface area contributed by atoms with E-state index in [1.54, 1.807) is 12.1 Å². The third-order valence-electron chi connectivity index (χ3n) is 2.82. The van der Waals surface area contributed by atoms with Gasteiger partial charge in [0.1, 0.15) is 23.0 Å². The van der Waals surface area contributed by atoms with Crippen molar-refractivity contribution in [1.29, 1.82) is 0 Å². The minimum absolute atomic E-state index is 0.0671. The van der Waals surface area contributed by atoms with Gasteiger partial charge < -0.3 is 13.9 Å². The molecule has 0 radical (unpaired) electrons. The molecule has 0 saturated heterocycles. The van der Waals surface area contributed by atoms with Gasteiger partial charge in [-0.1, -0.05) is 18.2 Å². The van der Waals surface area contributed by atoms with Gasteiger partial charge in [0.2, 0.25) is 0 Å². The number of nitro groups is 1. The summed E-state index contributed by atoms with van der Waals surface area (Å²) in [5.74, 6) is -0.115. The zero-order valence-electron chi connectivity index (χ0n) is 12.4. The average Bonchev–Trinajstić information content (AvgIpc) is 3.01. The van der Waals surface area contributed by atoms with Crippen molar-refractivity contribution in [2.45, 2.75) is 13.5 Å². The standard InChI is InChI=1S/C16H15NO6/c1-2-21-14-6-4-3-5-12(14)11-22-16(18)10-8-13-7-9-15(23-13)17(19)20/h3-10H,2,11H2,1H3/b10-8+. The van der Waals surface area contributed by atoms with Crippen molar-refractivity contribution in [3.8, 4) is 5.75 Å². The van der Waals surface area contributed by atoms with Crippen LogP contribution in [0.25, 0.3) is 6.08 Å². The first-order valence-corrected chi connectivity index (χ1v) is 6.90. The topological polar surface area (TPSA) is 91.8 Å². The van der Waals surface area contributed by atoms with Crippen molar-refractivity contribution in [2.24, 2.45) is 0 Å². The smallest absolute Gasteiger partial charge is 0.433 e. The molecule has 0 aliphatic rings. The number of rotatable bonds is 7. The van der Waals surface area contributed by atoms with Crippen LogP contribution >= 0.6 is 0 Å². The lowest BCUT2D eigenvalue weighted by molar-refractivity contribution is -0.402. The molecule has 7 nitrogen and oxygen atoms in total. The van der Waals surface area contributed by atoms with Crippen LogP contribution in [0.2, 0.25) is 0 Å². The Morgan fingerprint density at radius 2 is 2.09 bits per heavy atom. The largest absolute Gasteiger partial charge is 0.493 e. The molecule has 0 atom stereocenters. The molecule has 2 rings (SSSR count). The number of furan rings is 1.